The lowest BCUT2D eigenvalue weighted by Gasteiger charge is -2.27. The minimum absolute atomic E-state index is 0.0290. The van der Waals surface area contributed by atoms with Crippen LogP contribution in [0.15, 0.2) is 76.6 Å². The van der Waals surface area contributed by atoms with Gasteiger partial charge in [0, 0.05) is 23.7 Å². The van der Waals surface area contributed by atoms with E-state index >= 15 is 0 Å². The van der Waals surface area contributed by atoms with E-state index in [9.17, 15) is 24.1 Å². The first-order valence-electron chi connectivity index (χ1n) is 11.7. The molecule has 1 unspecified atom stereocenters. The highest BCUT2D eigenvalue weighted by molar-refractivity contribution is 5.42. The average molecular weight is 490 g/mol. The van der Waals surface area contributed by atoms with E-state index in [0.717, 1.165) is 16.6 Å². The van der Waals surface area contributed by atoms with E-state index in [4.69, 9.17) is 0 Å². The van der Waals surface area contributed by atoms with Crippen LogP contribution in [0.5, 0.6) is 0 Å². The summed E-state index contributed by atoms with van der Waals surface area (Å²) in [4.78, 5) is 40.1. The largest absolute Gasteiger partial charge is 0.353 e. The molecule has 0 amide bonds. The Balaban J connectivity index is 1.55. The summed E-state index contributed by atoms with van der Waals surface area (Å²) >= 11 is 0. The Morgan fingerprint density at radius 2 is 1.83 bits per heavy atom. The molecule has 0 spiro atoms. The van der Waals surface area contributed by atoms with Crippen molar-refractivity contribution in [2.24, 2.45) is 0 Å². The number of aromatic nitrogens is 4. The Morgan fingerprint density at radius 3 is 2.50 bits per heavy atom. The second kappa shape index (κ2) is 9.73. The molecule has 1 aliphatic rings. The highest BCUT2D eigenvalue weighted by Gasteiger charge is 2.34. The highest BCUT2D eigenvalue weighted by atomic mass is 19.1. The summed E-state index contributed by atoms with van der Waals surface area (Å²) < 4.78 is 16.7. The van der Waals surface area contributed by atoms with E-state index in [1.165, 1.54) is 6.07 Å². The van der Waals surface area contributed by atoms with Crippen LogP contribution < -0.4 is 11.2 Å². The molecule has 4 aromatic rings. The molecule has 1 atom stereocenters. The van der Waals surface area contributed by atoms with Gasteiger partial charge in [0.2, 0.25) is 0 Å². The van der Waals surface area contributed by atoms with Gasteiger partial charge in [0.25, 0.3) is 0 Å². The first-order valence-corrected chi connectivity index (χ1v) is 11.7. The van der Waals surface area contributed by atoms with Gasteiger partial charge in [-0.15, -0.1) is 0 Å². The van der Waals surface area contributed by atoms with Gasteiger partial charge in [-0.3, -0.25) is 24.2 Å². The number of nitrogens with one attached hydrogen (secondary N) is 1. The summed E-state index contributed by atoms with van der Waals surface area (Å²) in [6, 6.07) is 15.1. The smallest absolute Gasteiger partial charge is 0.304 e. The Bertz CT molecular complexity index is 1520. The number of aromatic amines is 1. The van der Waals surface area contributed by atoms with Crippen molar-refractivity contribution in [2.75, 3.05) is 0 Å². The van der Waals surface area contributed by atoms with Crippen molar-refractivity contribution in [2.45, 2.75) is 44.2 Å². The first kappa shape index (κ1) is 23.4. The molecule has 5 rings (SSSR count). The normalized spacial score (nSPS) is 14.4. The van der Waals surface area contributed by atoms with E-state index in [0.29, 0.717) is 24.0 Å². The molecule has 9 nitrogen and oxygen atoms in total. The molecule has 36 heavy (non-hydrogen) atoms. The van der Waals surface area contributed by atoms with E-state index in [1.54, 1.807) is 59.5 Å². The van der Waals surface area contributed by atoms with Crippen LogP contribution in [0.25, 0.3) is 0 Å². The zero-order valence-electron chi connectivity index (χ0n) is 19.3. The number of hydrogen-bond donors (Lipinski definition) is 1. The molecule has 184 valence electrons. The lowest BCUT2D eigenvalue weighted by atomic mass is 9.89. The Morgan fingerprint density at radius 1 is 1.11 bits per heavy atom. The SMILES string of the molecule is O=c1[nH]c(C(Cc2cnn(Cc3ccccc3F)c2)c2ccccc2)c([N+](=O)[O-])c(=O)n1C1CCC1. The first-order chi connectivity index (χ1) is 17.4. The fourth-order valence-electron chi connectivity index (χ4n) is 4.67. The maximum atomic E-state index is 14.1. The predicted octanol–water partition coefficient (Wildman–Crippen LogP) is 3.93. The molecule has 1 N–H and O–H groups in total. The fraction of sp³-hybridized carbons (Fsp3) is 0.269. The van der Waals surface area contributed by atoms with Gasteiger partial charge < -0.3 is 4.98 Å². The number of nitrogens with zero attached hydrogens (tertiary/aromatic N) is 4. The van der Waals surface area contributed by atoms with E-state index in [-0.39, 0.29) is 30.5 Å². The molecule has 0 radical (unpaired) electrons. The molecule has 2 aromatic heterocycles. The average Bonchev–Trinajstić information content (AvgIpc) is 3.27. The van der Waals surface area contributed by atoms with Crippen LogP contribution >= 0.6 is 0 Å². The van der Waals surface area contributed by atoms with Gasteiger partial charge in [0.05, 0.1) is 17.7 Å². The van der Waals surface area contributed by atoms with E-state index < -0.39 is 27.8 Å². The maximum absolute atomic E-state index is 14.1. The van der Waals surface area contributed by atoms with Crippen LogP contribution in [0.3, 0.4) is 0 Å². The fourth-order valence-corrected chi connectivity index (χ4v) is 4.67. The highest BCUT2D eigenvalue weighted by Crippen LogP contribution is 2.33. The quantitative estimate of drug-likeness (QED) is 0.297. The third-order valence-corrected chi connectivity index (χ3v) is 6.73. The van der Waals surface area contributed by atoms with Crippen molar-refractivity contribution < 1.29 is 9.31 Å². The number of H-pyrrole nitrogens is 1. The third kappa shape index (κ3) is 4.49. The van der Waals surface area contributed by atoms with E-state index in [1.807, 2.05) is 6.07 Å². The van der Waals surface area contributed by atoms with Crippen LogP contribution in [0.4, 0.5) is 10.1 Å². The summed E-state index contributed by atoms with van der Waals surface area (Å²) in [5, 5.41) is 16.4. The minimum atomic E-state index is -0.875. The molecule has 0 aliphatic heterocycles. The zero-order valence-corrected chi connectivity index (χ0v) is 19.3. The summed E-state index contributed by atoms with van der Waals surface area (Å²) in [7, 11) is 0. The molecule has 2 heterocycles. The summed E-state index contributed by atoms with van der Waals surface area (Å²) in [6.07, 6.45) is 5.74. The monoisotopic (exact) mass is 489 g/mol. The lowest BCUT2D eigenvalue weighted by molar-refractivity contribution is -0.387. The summed E-state index contributed by atoms with van der Waals surface area (Å²) in [6.45, 7) is 0.219. The van der Waals surface area contributed by atoms with Crippen LogP contribution in [0.1, 0.15) is 53.6 Å². The number of rotatable bonds is 8. The van der Waals surface area contributed by atoms with Crippen molar-refractivity contribution in [1.29, 1.82) is 0 Å². The molecular formula is C26H24FN5O4. The number of nitro groups is 1. The Hall–Kier alpha value is -4.34. The number of halogens is 1. The minimum Gasteiger partial charge on any atom is -0.304 e. The van der Waals surface area contributed by atoms with Gasteiger partial charge in [0.15, 0.2) is 0 Å². The second-order valence-corrected chi connectivity index (χ2v) is 9.01. The molecule has 1 aliphatic carbocycles. The topological polar surface area (TPSA) is 116 Å². The molecular weight excluding hydrogens is 465 g/mol. The second-order valence-electron chi connectivity index (χ2n) is 9.01. The number of hydrogen-bond acceptors (Lipinski definition) is 5. The van der Waals surface area contributed by atoms with Gasteiger partial charge in [-0.05, 0) is 42.9 Å². The Labute approximate surface area is 205 Å². The summed E-state index contributed by atoms with van der Waals surface area (Å²) in [5.74, 6) is -1.01. The standard InChI is InChI=1S/C26H24FN5O4/c27-22-12-5-4-9-19(22)16-30-15-17(14-28-30)13-21(18-7-2-1-3-8-18)23-24(32(35)36)25(33)31(26(34)29-23)20-10-6-11-20/h1-5,7-9,12,14-15,20-21H,6,10-11,13,16H2,(H,29,34). The van der Waals surface area contributed by atoms with Gasteiger partial charge in [-0.25, -0.2) is 9.18 Å². The van der Waals surface area contributed by atoms with Crippen molar-refractivity contribution in [3.8, 4) is 0 Å². The van der Waals surface area contributed by atoms with Crippen molar-refractivity contribution in [3.05, 3.63) is 126 Å². The molecule has 1 fully saturated rings. The molecule has 0 bridgehead atoms. The maximum Gasteiger partial charge on any atom is 0.353 e. The Kier molecular flexibility index (Phi) is 6.32. The lowest BCUT2D eigenvalue weighted by Crippen LogP contribution is -2.42. The van der Waals surface area contributed by atoms with Gasteiger partial charge in [-0.2, -0.15) is 5.10 Å². The molecule has 0 saturated heterocycles. The van der Waals surface area contributed by atoms with Gasteiger partial charge >= 0.3 is 16.9 Å². The predicted molar refractivity (Wildman–Crippen MR) is 131 cm³/mol. The molecule has 1 saturated carbocycles. The van der Waals surface area contributed by atoms with Gasteiger partial charge in [-0.1, -0.05) is 48.5 Å². The van der Waals surface area contributed by atoms with Crippen LogP contribution in [0, 0.1) is 15.9 Å². The van der Waals surface area contributed by atoms with Crippen LogP contribution in [0.2, 0.25) is 0 Å². The molecule has 10 heteroatoms. The summed E-state index contributed by atoms with van der Waals surface area (Å²) in [5.41, 5.74) is -0.252. The van der Waals surface area contributed by atoms with Crippen LogP contribution in [-0.2, 0) is 13.0 Å². The third-order valence-electron chi connectivity index (χ3n) is 6.73. The van der Waals surface area contributed by atoms with Crippen molar-refractivity contribution in [3.63, 3.8) is 0 Å². The van der Waals surface area contributed by atoms with Crippen LogP contribution in [-0.4, -0.2) is 24.3 Å². The number of benzene rings is 2. The zero-order chi connectivity index (χ0) is 25.2. The van der Waals surface area contributed by atoms with Gasteiger partial charge in [0.1, 0.15) is 11.5 Å². The van der Waals surface area contributed by atoms with E-state index in [2.05, 4.69) is 10.1 Å². The molecule has 2 aromatic carbocycles. The van der Waals surface area contributed by atoms with Crippen molar-refractivity contribution in [1.82, 2.24) is 19.3 Å². The van der Waals surface area contributed by atoms with Crippen molar-refractivity contribution >= 4 is 5.69 Å².